The Kier molecular flexibility index (Phi) is 7.01. The lowest BCUT2D eigenvalue weighted by molar-refractivity contribution is -0.110. The second-order valence-corrected chi connectivity index (χ2v) is 6.76. The van der Waals surface area contributed by atoms with Gasteiger partial charge in [0.15, 0.2) is 5.78 Å². The highest BCUT2D eigenvalue weighted by molar-refractivity contribution is 6.35. The lowest BCUT2D eigenvalue weighted by atomic mass is 10.2. The van der Waals surface area contributed by atoms with Gasteiger partial charge in [-0.15, -0.1) is 0 Å². The molecule has 0 spiro atoms. The van der Waals surface area contributed by atoms with E-state index in [2.05, 4.69) is 4.98 Å². The van der Waals surface area contributed by atoms with E-state index in [1.165, 1.54) is 12.2 Å². The number of nitrogens with zero attached hydrogens (tertiary/aromatic N) is 1. The van der Waals surface area contributed by atoms with Gasteiger partial charge in [-0.1, -0.05) is 53.5 Å². The van der Waals surface area contributed by atoms with Crippen LogP contribution in [0.5, 0.6) is 5.75 Å². The zero-order valence-electron chi connectivity index (χ0n) is 14.9. The topological polar surface area (TPSA) is 39.2 Å². The summed E-state index contributed by atoms with van der Waals surface area (Å²) in [7, 11) is 0. The summed E-state index contributed by atoms with van der Waals surface area (Å²) >= 11 is 12.0. The smallest absolute Gasteiger partial charge is 0.178 e. The van der Waals surface area contributed by atoms with Crippen LogP contribution in [0, 0.1) is 0 Å². The Morgan fingerprint density at radius 3 is 2.46 bits per heavy atom. The average Bonchev–Trinajstić information content (AvgIpc) is 2.71. The zero-order valence-corrected chi connectivity index (χ0v) is 16.4. The molecule has 0 fully saturated rings. The van der Waals surface area contributed by atoms with Gasteiger partial charge >= 0.3 is 0 Å². The normalized spacial score (nSPS) is 11.2. The third-order valence-corrected chi connectivity index (χ3v) is 4.42. The standard InChI is InChI=1S/C23H17Cl2NO2/c24-19-8-7-18(23(25)15-19)16-28-22-12-5-17(6-13-22)4-10-21(27)11-9-20-3-1-2-14-26-20/h1-15H,16H2. The van der Waals surface area contributed by atoms with Crippen LogP contribution in [0.1, 0.15) is 16.8 Å². The van der Waals surface area contributed by atoms with Gasteiger partial charge in [-0.2, -0.15) is 0 Å². The first kappa shape index (κ1) is 19.9. The molecule has 1 aromatic heterocycles. The van der Waals surface area contributed by atoms with Crippen molar-refractivity contribution < 1.29 is 9.53 Å². The summed E-state index contributed by atoms with van der Waals surface area (Å²) < 4.78 is 5.74. The molecular formula is C23H17Cl2NO2. The van der Waals surface area contributed by atoms with E-state index in [9.17, 15) is 4.79 Å². The molecule has 0 aliphatic rings. The molecule has 0 aliphatic heterocycles. The molecule has 5 heteroatoms. The van der Waals surface area contributed by atoms with Gasteiger partial charge in [0.25, 0.3) is 0 Å². The number of rotatable bonds is 7. The zero-order chi connectivity index (χ0) is 19.8. The van der Waals surface area contributed by atoms with Crippen LogP contribution in [0.2, 0.25) is 10.0 Å². The Morgan fingerprint density at radius 2 is 1.75 bits per heavy atom. The summed E-state index contributed by atoms with van der Waals surface area (Å²) in [6.07, 6.45) is 8.13. The van der Waals surface area contributed by atoms with Gasteiger partial charge in [-0.05, 0) is 60.2 Å². The summed E-state index contributed by atoms with van der Waals surface area (Å²) in [6.45, 7) is 0.349. The van der Waals surface area contributed by atoms with Crippen molar-refractivity contribution in [2.24, 2.45) is 0 Å². The van der Waals surface area contributed by atoms with Gasteiger partial charge in [0.1, 0.15) is 12.4 Å². The van der Waals surface area contributed by atoms with E-state index in [1.54, 1.807) is 30.5 Å². The second kappa shape index (κ2) is 9.88. The average molecular weight is 410 g/mol. The molecule has 3 rings (SSSR count). The van der Waals surface area contributed by atoms with Gasteiger partial charge < -0.3 is 4.74 Å². The van der Waals surface area contributed by atoms with Crippen LogP contribution in [-0.2, 0) is 11.4 Å². The molecule has 28 heavy (non-hydrogen) atoms. The molecule has 0 radical (unpaired) electrons. The molecule has 0 saturated carbocycles. The fourth-order valence-electron chi connectivity index (χ4n) is 2.35. The molecule has 2 aromatic carbocycles. The van der Waals surface area contributed by atoms with E-state index in [0.717, 1.165) is 16.8 Å². The number of ether oxygens (including phenoxy) is 1. The monoisotopic (exact) mass is 409 g/mol. The quantitative estimate of drug-likeness (QED) is 0.432. The van der Waals surface area contributed by atoms with Crippen molar-refractivity contribution in [2.75, 3.05) is 0 Å². The third-order valence-electron chi connectivity index (χ3n) is 3.84. The molecule has 0 aliphatic carbocycles. The number of halogens is 2. The number of pyridine rings is 1. The third kappa shape index (κ3) is 6.08. The fraction of sp³-hybridized carbons (Fsp3) is 0.0435. The maximum atomic E-state index is 11.9. The second-order valence-electron chi connectivity index (χ2n) is 5.92. The van der Waals surface area contributed by atoms with Crippen molar-refractivity contribution in [3.8, 4) is 5.75 Å². The predicted molar refractivity (Wildman–Crippen MR) is 115 cm³/mol. The highest BCUT2D eigenvalue weighted by Crippen LogP contribution is 2.23. The largest absolute Gasteiger partial charge is 0.489 e. The highest BCUT2D eigenvalue weighted by atomic mass is 35.5. The van der Waals surface area contributed by atoms with Crippen LogP contribution in [0.3, 0.4) is 0 Å². The Hall–Kier alpha value is -2.88. The molecule has 3 aromatic rings. The summed E-state index contributed by atoms with van der Waals surface area (Å²) in [6, 6.07) is 18.3. The molecule has 3 nitrogen and oxygen atoms in total. The van der Waals surface area contributed by atoms with Crippen LogP contribution in [0.4, 0.5) is 0 Å². The first-order chi connectivity index (χ1) is 13.6. The van der Waals surface area contributed by atoms with E-state index < -0.39 is 0 Å². The van der Waals surface area contributed by atoms with Crippen LogP contribution in [0.15, 0.2) is 79.0 Å². The Morgan fingerprint density at radius 1 is 0.964 bits per heavy atom. The number of hydrogen-bond acceptors (Lipinski definition) is 3. The van der Waals surface area contributed by atoms with E-state index in [4.69, 9.17) is 27.9 Å². The van der Waals surface area contributed by atoms with Gasteiger partial charge in [0, 0.05) is 21.8 Å². The minimum Gasteiger partial charge on any atom is -0.489 e. The first-order valence-electron chi connectivity index (χ1n) is 8.58. The number of carbonyl (C=O) groups is 1. The molecule has 0 amide bonds. The van der Waals surface area contributed by atoms with Gasteiger partial charge in [0.2, 0.25) is 0 Å². The van der Waals surface area contributed by atoms with Crippen molar-refractivity contribution in [3.63, 3.8) is 0 Å². The fourth-order valence-corrected chi connectivity index (χ4v) is 2.81. The maximum Gasteiger partial charge on any atom is 0.178 e. The SMILES string of the molecule is O=C(C=Cc1ccc(OCc2ccc(Cl)cc2Cl)cc1)C=Cc1ccccn1. The van der Waals surface area contributed by atoms with Gasteiger partial charge in [-0.3, -0.25) is 9.78 Å². The molecule has 0 atom stereocenters. The van der Waals surface area contributed by atoms with Crippen LogP contribution < -0.4 is 4.74 Å². The van der Waals surface area contributed by atoms with Crippen molar-refractivity contribution in [1.82, 2.24) is 4.98 Å². The van der Waals surface area contributed by atoms with Crippen molar-refractivity contribution in [2.45, 2.75) is 6.61 Å². The van der Waals surface area contributed by atoms with Gasteiger partial charge in [-0.25, -0.2) is 0 Å². The first-order valence-corrected chi connectivity index (χ1v) is 9.34. The number of aromatic nitrogens is 1. The van der Waals surface area contributed by atoms with Crippen molar-refractivity contribution in [1.29, 1.82) is 0 Å². The van der Waals surface area contributed by atoms with E-state index in [1.807, 2.05) is 48.5 Å². The lowest BCUT2D eigenvalue weighted by Gasteiger charge is -2.08. The Balaban J connectivity index is 1.54. The molecule has 140 valence electrons. The predicted octanol–water partition coefficient (Wildman–Crippen LogP) is 6.26. The highest BCUT2D eigenvalue weighted by Gasteiger charge is 2.02. The summed E-state index contributed by atoms with van der Waals surface area (Å²) in [5, 5.41) is 1.17. The number of carbonyl (C=O) groups excluding carboxylic acids is 1. The maximum absolute atomic E-state index is 11.9. The number of benzene rings is 2. The van der Waals surface area contributed by atoms with Gasteiger partial charge in [0.05, 0.1) is 5.69 Å². The molecule has 0 N–H and O–H groups in total. The lowest BCUT2D eigenvalue weighted by Crippen LogP contribution is -1.96. The van der Waals surface area contributed by atoms with Crippen LogP contribution in [-0.4, -0.2) is 10.8 Å². The number of hydrogen-bond donors (Lipinski definition) is 0. The van der Waals surface area contributed by atoms with Crippen LogP contribution >= 0.6 is 23.2 Å². The Labute approximate surface area is 173 Å². The molecule has 0 saturated heterocycles. The molecule has 0 unspecified atom stereocenters. The van der Waals surface area contributed by atoms with E-state index in [0.29, 0.717) is 22.4 Å². The summed E-state index contributed by atoms with van der Waals surface area (Å²) in [4.78, 5) is 16.1. The summed E-state index contributed by atoms with van der Waals surface area (Å²) in [5.41, 5.74) is 2.50. The van der Waals surface area contributed by atoms with Crippen molar-refractivity contribution in [3.05, 3.63) is 106 Å². The minimum absolute atomic E-state index is 0.108. The van der Waals surface area contributed by atoms with E-state index in [-0.39, 0.29) is 5.78 Å². The number of ketones is 1. The van der Waals surface area contributed by atoms with E-state index >= 15 is 0 Å². The Bertz CT molecular complexity index is 997. The molecular weight excluding hydrogens is 393 g/mol. The molecule has 0 bridgehead atoms. The summed E-state index contributed by atoms with van der Waals surface area (Å²) in [5.74, 6) is 0.605. The van der Waals surface area contributed by atoms with Crippen LogP contribution in [0.25, 0.3) is 12.2 Å². The number of allylic oxidation sites excluding steroid dienone is 2. The molecule has 1 heterocycles. The van der Waals surface area contributed by atoms with Crippen molar-refractivity contribution >= 4 is 41.1 Å². The minimum atomic E-state index is -0.108.